The van der Waals surface area contributed by atoms with Crippen molar-refractivity contribution in [3.63, 3.8) is 0 Å². The number of nitrogens with one attached hydrogen (secondary N) is 2. The van der Waals surface area contributed by atoms with Crippen molar-refractivity contribution in [1.82, 2.24) is 25.2 Å². The Labute approximate surface area is 217 Å². The number of thiazole rings is 1. The summed E-state index contributed by atoms with van der Waals surface area (Å²) in [6.07, 6.45) is 2.17. The summed E-state index contributed by atoms with van der Waals surface area (Å²) in [6.45, 7) is 5.40. The van der Waals surface area contributed by atoms with Gasteiger partial charge in [0.05, 0.1) is 29.2 Å². The standard InChI is InChI=1S/C26H31F3N6OS/c1-15(2)24-33-21-8-5-17(26(27,28)29)9-20(21)25(34-24)31-11-23(36)32-18-12-35(13-18)19-6-3-16(4-7-19)22-10-30-14-37-22/h5,8-10,14-16,18-19H,3-4,6-7,11-13H2,1-2H3,(H,32,36)(H,31,33,34). The maximum atomic E-state index is 13.3. The molecule has 3 aromatic rings. The van der Waals surface area contributed by atoms with E-state index in [1.54, 1.807) is 11.3 Å². The Morgan fingerprint density at radius 3 is 2.57 bits per heavy atom. The van der Waals surface area contributed by atoms with Crippen LogP contribution in [0.1, 0.15) is 67.6 Å². The van der Waals surface area contributed by atoms with E-state index < -0.39 is 11.7 Å². The Hall–Kier alpha value is -2.79. The van der Waals surface area contributed by atoms with Crippen LogP contribution in [0.15, 0.2) is 29.9 Å². The lowest BCUT2D eigenvalue weighted by atomic mass is 9.83. The predicted molar refractivity (Wildman–Crippen MR) is 138 cm³/mol. The SMILES string of the molecule is CC(C)c1nc(NCC(=O)NC2CN(C3CCC(c4cncs4)CC3)C2)c2cc(C(F)(F)F)ccc2n1. The molecular formula is C26H31F3N6OS. The highest BCUT2D eigenvalue weighted by molar-refractivity contribution is 7.09. The van der Waals surface area contributed by atoms with E-state index in [-0.39, 0.29) is 35.6 Å². The highest BCUT2D eigenvalue weighted by Gasteiger charge is 2.36. The van der Waals surface area contributed by atoms with Gasteiger partial charge in [0.25, 0.3) is 0 Å². The van der Waals surface area contributed by atoms with E-state index >= 15 is 0 Å². The molecule has 0 bridgehead atoms. The number of halogens is 3. The molecular weight excluding hydrogens is 501 g/mol. The number of fused-ring (bicyclic) bond motifs is 1. The van der Waals surface area contributed by atoms with Crippen molar-refractivity contribution in [1.29, 1.82) is 0 Å². The topological polar surface area (TPSA) is 83.0 Å². The van der Waals surface area contributed by atoms with Gasteiger partial charge in [-0.3, -0.25) is 14.7 Å². The normalized spacial score (nSPS) is 21.2. The number of amides is 1. The summed E-state index contributed by atoms with van der Waals surface area (Å²) in [5.74, 6) is 1.15. The van der Waals surface area contributed by atoms with Gasteiger partial charge in [0.15, 0.2) is 0 Å². The van der Waals surface area contributed by atoms with Gasteiger partial charge in [0.1, 0.15) is 11.6 Å². The summed E-state index contributed by atoms with van der Waals surface area (Å²) in [7, 11) is 0. The van der Waals surface area contributed by atoms with Crippen molar-refractivity contribution >= 4 is 34.0 Å². The summed E-state index contributed by atoms with van der Waals surface area (Å²) in [5, 5.41) is 6.24. The predicted octanol–water partition coefficient (Wildman–Crippen LogP) is 5.17. The Morgan fingerprint density at radius 1 is 1.16 bits per heavy atom. The molecule has 1 aliphatic carbocycles. The van der Waals surface area contributed by atoms with Gasteiger partial charge in [-0.05, 0) is 49.8 Å². The minimum atomic E-state index is -4.48. The zero-order valence-electron chi connectivity index (χ0n) is 20.9. The highest BCUT2D eigenvalue weighted by atomic mass is 32.1. The van der Waals surface area contributed by atoms with E-state index in [0.717, 1.165) is 38.1 Å². The molecule has 0 radical (unpaired) electrons. The van der Waals surface area contributed by atoms with Crippen molar-refractivity contribution in [2.45, 2.75) is 69.6 Å². The van der Waals surface area contributed by atoms with Crippen LogP contribution in [0, 0.1) is 0 Å². The van der Waals surface area contributed by atoms with Crippen molar-refractivity contribution in [3.8, 4) is 0 Å². The molecule has 11 heteroatoms. The number of hydrogen-bond donors (Lipinski definition) is 2. The first-order valence-corrected chi connectivity index (χ1v) is 13.6. The fourth-order valence-corrected chi connectivity index (χ4v) is 6.01. The lowest BCUT2D eigenvalue weighted by molar-refractivity contribution is -0.137. The van der Waals surface area contributed by atoms with E-state index in [0.29, 0.717) is 23.3 Å². The molecule has 5 rings (SSSR count). The monoisotopic (exact) mass is 532 g/mol. The molecule has 2 aromatic heterocycles. The third-order valence-electron chi connectivity index (χ3n) is 7.31. The molecule has 1 aromatic carbocycles. The summed E-state index contributed by atoms with van der Waals surface area (Å²) in [4.78, 5) is 29.5. The van der Waals surface area contributed by atoms with Gasteiger partial charge >= 0.3 is 6.18 Å². The van der Waals surface area contributed by atoms with Crippen LogP contribution in [0.2, 0.25) is 0 Å². The number of anilines is 1. The van der Waals surface area contributed by atoms with Crippen LogP contribution in [-0.2, 0) is 11.0 Å². The number of likely N-dealkylation sites (tertiary alicyclic amines) is 1. The first-order valence-electron chi connectivity index (χ1n) is 12.7. The maximum absolute atomic E-state index is 13.3. The summed E-state index contributed by atoms with van der Waals surface area (Å²) in [6, 6.07) is 4.04. The Bertz CT molecular complexity index is 1240. The second-order valence-electron chi connectivity index (χ2n) is 10.3. The maximum Gasteiger partial charge on any atom is 0.416 e. The number of hydrogen-bond acceptors (Lipinski definition) is 7. The highest BCUT2D eigenvalue weighted by Crippen LogP contribution is 2.37. The lowest BCUT2D eigenvalue weighted by Crippen LogP contribution is -2.63. The average Bonchev–Trinajstić information content (AvgIpc) is 3.38. The van der Waals surface area contributed by atoms with Gasteiger partial charge in [-0.15, -0.1) is 11.3 Å². The van der Waals surface area contributed by atoms with Gasteiger partial charge in [0.2, 0.25) is 5.91 Å². The molecule has 0 unspecified atom stereocenters. The second kappa shape index (κ2) is 10.5. The number of alkyl halides is 3. The molecule has 37 heavy (non-hydrogen) atoms. The van der Waals surface area contributed by atoms with E-state index in [9.17, 15) is 18.0 Å². The van der Waals surface area contributed by atoms with Crippen molar-refractivity contribution < 1.29 is 18.0 Å². The van der Waals surface area contributed by atoms with E-state index in [4.69, 9.17) is 0 Å². The van der Waals surface area contributed by atoms with Crippen LogP contribution >= 0.6 is 11.3 Å². The Morgan fingerprint density at radius 2 is 1.92 bits per heavy atom. The fraction of sp³-hybridized carbons (Fsp3) is 0.538. The molecule has 1 amide bonds. The lowest BCUT2D eigenvalue weighted by Gasteiger charge is -2.46. The van der Waals surface area contributed by atoms with Gasteiger partial charge in [0, 0.05) is 41.5 Å². The molecule has 198 valence electrons. The van der Waals surface area contributed by atoms with Gasteiger partial charge < -0.3 is 10.6 Å². The fourth-order valence-electron chi connectivity index (χ4n) is 5.21. The number of aromatic nitrogens is 3. The average molecular weight is 533 g/mol. The van der Waals surface area contributed by atoms with Crippen LogP contribution in [0.25, 0.3) is 10.9 Å². The van der Waals surface area contributed by atoms with Crippen molar-refractivity contribution in [2.24, 2.45) is 0 Å². The first-order chi connectivity index (χ1) is 17.7. The molecule has 1 saturated heterocycles. The molecule has 2 fully saturated rings. The largest absolute Gasteiger partial charge is 0.416 e. The summed E-state index contributed by atoms with van der Waals surface area (Å²) < 4.78 is 39.8. The molecule has 1 aliphatic heterocycles. The molecule has 3 heterocycles. The van der Waals surface area contributed by atoms with Gasteiger partial charge in [-0.25, -0.2) is 9.97 Å². The zero-order chi connectivity index (χ0) is 26.2. The third-order valence-corrected chi connectivity index (χ3v) is 8.25. The Kier molecular flexibility index (Phi) is 7.35. The van der Waals surface area contributed by atoms with Crippen molar-refractivity contribution in [2.75, 3.05) is 25.0 Å². The number of carbonyl (C=O) groups excluding carboxylic acids is 1. The number of nitrogens with zero attached hydrogens (tertiary/aromatic N) is 4. The summed E-state index contributed by atoms with van der Waals surface area (Å²) in [5.41, 5.74) is 1.54. The quantitative estimate of drug-likeness (QED) is 0.437. The van der Waals surface area contributed by atoms with Crippen LogP contribution in [0.3, 0.4) is 0 Å². The van der Waals surface area contributed by atoms with Gasteiger partial charge in [-0.1, -0.05) is 13.8 Å². The first kappa shape index (κ1) is 25.8. The molecule has 0 spiro atoms. The van der Waals surface area contributed by atoms with Crippen molar-refractivity contribution in [3.05, 3.63) is 46.2 Å². The molecule has 0 atom stereocenters. The minimum absolute atomic E-state index is 0.0147. The summed E-state index contributed by atoms with van der Waals surface area (Å²) >= 11 is 1.74. The third kappa shape index (κ3) is 5.87. The number of rotatable bonds is 7. The van der Waals surface area contributed by atoms with Crippen LogP contribution in [0.4, 0.5) is 19.0 Å². The number of carbonyl (C=O) groups is 1. The molecule has 2 aliphatic rings. The second-order valence-corrected chi connectivity index (χ2v) is 11.2. The van der Waals surface area contributed by atoms with E-state index in [1.165, 1.54) is 23.8 Å². The van der Waals surface area contributed by atoms with E-state index in [2.05, 4.69) is 30.5 Å². The van der Waals surface area contributed by atoms with Crippen LogP contribution in [0.5, 0.6) is 0 Å². The molecule has 1 saturated carbocycles. The smallest absolute Gasteiger partial charge is 0.360 e. The Balaban J connectivity index is 1.15. The van der Waals surface area contributed by atoms with Crippen LogP contribution in [-0.4, -0.2) is 57.5 Å². The van der Waals surface area contributed by atoms with Crippen LogP contribution < -0.4 is 10.6 Å². The number of benzene rings is 1. The molecule has 2 N–H and O–H groups in total. The van der Waals surface area contributed by atoms with Gasteiger partial charge in [-0.2, -0.15) is 13.2 Å². The minimum Gasteiger partial charge on any atom is -0.360 e. The van der Waals surface area contributed by atoms with E-state index in [1.807, 2.05) is 25.6 Å². The zero-order valence-corrected chi connectivity index (χ0v) is 21.7. The molecule has 7 nitrogen and oxygen atoms in total.